The van der Waals surface area contributed by atoms with Crippen LogP contribution in [0.3, 0.4) is 0 Å². The molecule has 0 amide bonds. The van der Waals surface area contributed by atoms with Crippen molar-refractivity contribution in [2.75, 3.05) is 26.0 Å². The first-order chi connectivity index (χ1) is 11.8. The van der Waals surface area contributed by atoms with Crippen molar-refractivity contribution >= 4 is 11.8 Å². The molecule has 0 aliphatic carbocycles. The van der Waals surface area contributed by atoms with Crippen LogP contribution in [0.15, 0.2) is 48.8 Å². The highest BCUT2D eigenvalue weighted by Crippen LogP contribution is 2.46. The summed E-state index contributed by atoms with van der Waals surface area (Å²) >= 11 is 2.06. The lowest BCUT2D eigenvalue weighted by atomic mass is 9.92. The standard InChI is InChI=1S/C19H22N2O2S/c1-22-18-7-3-2-5-15(18)11-21-13-19(14-21)9-17(12-24-19)23-16-6-4-8-20-10-16/h2-8,10,17H,9,11-14H2,1H3. The lowest BCUT2D eigenvalue weighted by Crippen LogP contribution is -2.58. The van der Waals surface area contributed by atoms with Crippen LogP contribution in [0.4, 0.5) is 0 Å². The minimum Gasteiger partial charge on any atom is -0.496 e. The maximum atomic E-state index is 6.07. The summed E-state index contributed by atoms with van der Waals surface area (Å²) < 4.78 is 11.9. The van der Waals surface area contributed by atoms with Crippen molar-refractivity contribution in [1.29, 1.82) is 0 Å². The van der Waals surface area contributed by atoms with Crippen molar-refractivity contribution in [2.45, 2.75) is 23.8 Å². The lowest BCUT2D eigenvalue weighted by Gasteiger charge is -2.47. The molecule has 24 heavy (non-hydrogen) atoms. The molecule has 2 aliphatic heterocycles. The van der Waals surface area contributed by atoms with Crippen LogP contribution in [-0.4, -0.2) is 46.7 Å². The molecule has 1 unspecified atom stereocenters. The molecular weight excluding hydrogens is 320 g/mol. The smallest absolute Gasteiger partial charge is 0.138 e. The number of likely N-dealkylation sites (tertiary alicyclic amines) is 1. The summed E-state index contributed by atoms with van der Waals surface area (Å²) in [5.74, 6) is 2.93. The Labute approximate surface area is 147 Å². The highest BCUT2D eigenvalue weighted by molar-refractivity contribution is 8.01. The molecular formula is C19H22N2O2S. The van der Waals surface area contributed by atoms with Crippen LogP contribution in [0.5, 0.6) is 11.5 Å². The van der Waals surface area contributed by atoms with E-state index >= 15 is 0 Å². The first-order valence-corrected chi connectivity index (χ1v) is 9.30. The van der Waals surface area contributed by atoms with E-state index in [1.807, 2.05) is 24.3 Å². The van der Waals surface area contributed by atoms with Gasteiger partial charge in [-0.1, -0.05) is 18.2 Å². The van der Waals surface area contributed by atoms with Gasteiger partial charge in [-0.25, -0.2) is 0 Å². The van der Waals surface area contributed by atoms with Crippen molar-refractivity contribution in [3.63, 3.8) is 0 Å². The van der Waals surface area contributed by atoms with Crippen LogP contribution < -0.4 is 9.47 Å². The van der Waals surface area contributed by atoms with Gasteiger partial charge in [-0.2, -0.15) is 0 Å². The Morgan fingerprint density at radius 2 is 2.12 bits per heavy atom. The Kier molecular flexibility index (Phi) is 4.37. The second-order valence-electron chi connectivity index (χ2n) is 6.58. The molecule has 1 aromatic heterocycles. The van der Waals surface area contributed by atoms with E-state index in [9.17, 15) is 0 Å². The van der Waals surface area contributed by atoms with E-state index in [-0.39, 0.29) is 0 Å². The number of rotatable bonds is 5. The number of hydrogen-bond acceptors (Lipinski definition) is 5. The van der Waals surface area contributed by atoms with Crippen LogP contribution in [0.2, 0.25) is 0 Å². The van der Waals surface area contributed by atoms with Crippen molar-refractivity contribution in [2.24, 2.45) is 0 Å². The zero-order valence-electron chi connectivity index (χ0n) is 13.9. The Bertz CT molecular complexity index is 689. The summed E-state index contributed by atoms with van der Waals surface area (Å²) in [5, 5.41) is 0. The van der Waals surface area contributed by atoms with E-state index in [0.717, 1.165) is 43.3 Å². The molecule has 0 N–H and O–H groups in total. The van der Waals surface area contributed by atoms with E-state index in [1.54, 1.807) is 19.5 Å². The first-order valence-electron chi connectivity index (χ1n) is 8.31. The zero-order valence-corrected chi connectivity index (χ0v) is 14.7. The van der Waals surface area contributed by atoms with Gasteiger partial charge in [-0.3, -0.25) is 9.88 Å². The van der Waals surface area contributed by atoms with Crippen molar-refractivity contribution in [3.05, 3.63) is 54.4 Å². The molecule has 0 saturated carbocycles. The number of hydrogen-bond donors (Lipinski definition) is 0. The number of methoxy groups -OCH3 is 1. The number of nitrogens with zero attached hydrogens (tertiary/aromatic N) is 2. The summed E-state index contributed by atoms with van der Waals surface area (Å²) in [6.45, 7) is 3.21. The normalized spacial score (nSPS) is 22.3. The maximum absolute atomic E-state index is 6.07. The molecule has 126 valence electrons. The molecule has 0 bridgehead atoms. The quantitative estimate of drug-likeness (QED) is 0.833. The minimum absolute atomic E-state index is 0.299. The number of thioether (sulfide) groups is 1. The molecule has 2 fully saturated rings. The summed E-state index contributed by atoms with van der Waals surface area (Å²) in [6, 6.07) is 12.2. The average Bonchev–Trinajstić information content (AvgIpc) is 3.00. The summed E-state index contributed by atoms with van der Waals surface area (Å²) in [4.78, 5) is 6.62. The van der Waals surface area contributed by atoms with Crippen LogP contribution in [0.1, 0.15) is 12.0 Å². The van der Waals surface area contributed by atoms with Gasteiger partial charge in [0, 0.05) is 48.3 Å². The Morgan fingerprint density at radius 3 is 2.92 bits per heavy atom. The molecule has 4 nitrogen and oxygen atoms in total. The molecule has 5 heteroatoms. The molecule has 1 spiro atoms. The van der Waals surface area contributed by atoms with Gasteiger partial charge in [0.05, 0.1) is 13.3 Å². The number of benzene rings is 1. The van der Waals surface area contributed by atoms with E-state index in [2.05, 4.69) is 33.8 Å². The van der Waals surface area contributed by atoms with E-state index in [1.165, 1.54) is 5.56 Å². The second-order valence-corrected chi connectivity index (χ2v) is 8.07. The topological polar surface area (TPSA) is 34.6 Å². The van der Waals surface area contributed by atoms with Crippen molar-refractivity contribution in [1.82, 2.24) is 9.88 Å². The van der Waals surface area contributed by atoms with Gasteiger partial charge in [0.1, 0.15) is 17.6 Å². The maximum Gasteiger partial charge on any atom is 0.138 e. The van der Waals surface area contributed by atoms with Crippen LogP contribution in [0.25, 0.3) is 0 Å². The molecule has 1 aromatic carbocycles. The predicted molar refractivity (Wildman–Crippen MR) is 96.7 cm³/mol. The highest BCUT2D eigenvalue weighted by atomic mass is 32.2. The third-order valence-electron chi connectivity index (χ3n) is 4.72. The molecule has 4 rings (SSSR count). The Morgan fingerprint density at radius 1 is 1.25 bits per heavy atom. The average molecular weight is 342 g/mol. The van der Waals surface area contributed by atoms with Crippen molar-refractivity contribution < 1.29 is 9.47 Å². The highest BCUT2D eigenvalue weighted by Gasteiger charge is 2.49. The van der Waals surface area contributed by atoms with Crippen molar-refractivity contribution in [3.8, 4) is 11.5 Å². The first kappa shape index (κ1) is 15.8. The molecule has 2 aromatic rings. The molecule has 2 saturated heterocycles. The number of aromatic nitrogens is 1. The molecule has 1 atom stereocenters. The molecule has 0 radical (unpaired) electrons. The van der Waals surface area contributed by atoms with Gasteiger partial charge in [0.15, 0.2) is 0 Å². The fourth-order valence-electron chi connectivity index (χ4n) is 3.66. The van der Waals surface area contributed by atoms with Gasteiger partial charge in [0.25, 0.3) is 0 Å². The van der Waals surface area contributed by atoms with Gasteiger partial charge < -0.3 is 9.47 Å². The largest absolute Gasteiger partial charge is 0.496 e. The monoisotopic (exact) mass is 342 g/mol. The lowest BCUT2D eigenvalue weighted by molar-refractivity contribution is 0.0912. The molecule has 2 aliphatic rings. The summed E-state index contributed by atoms with van der Waals surface area (Å²) in [5.41, 5.74) is 1.26. The van der Waals surface area contributed by atoms with E-state index in [0.29, 0.717) is 10.9 Å². The Balaban J connectivity index is 1.31. The van der Waals surface area contributed by atoms with Crippen LogP contribution in [0, 0.1) is 0 Å². The van der Waals surface area contributed by atoms with Gasteiger partial charge in [-0.15, -0.1) is 11.8 Å². The molecule has 3 heterocycles. The van der Waals surface area contributed by atoms with Crippen LogP contribution in [-0.2, 0) is 6.54 Å². The second kappa shape index (κ2) is 6.65. The van der Waals surface area contributed by atoms with Gasteiger partial charge in [0.2, 0.25) is 0 Å². The fourth-order valence-corrected chi connectivity index (χ4v) is 5.24. The number of ether oxygens (including phenoxy) is 2. The Hall–Kier alpha value is -1.72. The van der Waals surface area contributed by atoms with E-state index in [4.69, 9.17) is 9.47 Å². The summed E-state index contributed by atoms with van der Waals surface area (Å²) in [7, 11) is 1.74. The third-order valence-corrected chi connectivity index (χ3v) is 6.30. The minimum atomic E-state index is 0.299. The number of para-hydroxylation sites is 1. The fraction of sp³-hybridized carbons (Fsp3) is 0.421. The SMILES string of the molecule is COc1ccccc1CN1CC2(CC(Oc3cccnc3)CS2)C1. The van der Waals surface area contributed by atoms with E-state index < -0.39 is 0 Å². The third kappa shape index (κ3) is 3.23. The zero-order chi connectivity index (χ0) is 16.4. The number of pyridine rings is 1. The van der Waals surface area contributed by atoms with Gasteiger partial charge >= 0.3 is 0 Å². The summed E-state index contributed by atoms with van der Waals surface area (Å²) in [6.07, 6.45) is 4.99. The van der Waals surface area contributed by atoms with Crippen LogP contribution >= 0.6 is 11.8 Å². The predicted octanol–water partition coefficient (Wildman–Crippen LogP) is 3.23. The van der Waals surface area contributed by atoms with Gasteiger partial charge in [-0.05, 0) is 18.2 Å².